The molecule has 0 aliphatic heterocycles. The molecular weight excluding hydrogens is 264 g/mol. The molecule has 0 saturated heterocycles. The molecule has 0 aromatic carbocycles. The van der Waals surface area contributed by atoms with Crippen LogP contribution in [0.15, 0.2) is 0 Å². The van der Waals surface area contributed by atoms with Gasteiger partial charge in [-0.15, -0.1) is 0 Å². The molecule has 0 fully saturated rings. The van der Waals surface area contributed by atoms with E-state index in [1.165, 1.54) is 11.8 Å². The largest absolute Gasteiger partial charge is 0.505 e. The fourth-order valence-electron chi connectivity index (χ4n) is 2.40. The maximum absolute atomic E-state index is 10.9. The van der Waals surface area contributed by atoms with E-state index >= 15 is 0 Å². The van der Waals surface area contributed by atoms with Gasteiger partial charge in [-0.3, -0.25) is 4.79 Å². The average Bonchev–Trinajstić information content (AvgIpc) is 2.13. The van der Waals surface area contributed by atoms with E-state index in [4.69, 9.17) is 5.11 Å². The van der Waals surface area contributed by atoms with E-state index in [0.717, 1.165) is 12.0 Å². The lowest BCUT2D eigenvalue weighted by molar-refractivity contribution is 0.0599. The summed E-state index contributed by atoms with van der Waals surface area (Å²) in [4.78, 5) is 21.3. The molecule has 0 aliphatic carbocycles. The Kier molecular flexibility index (Phi) is 6.39. The molecule has 112 valence electrons. The van der Waals surface area contributed by atoms with Crippen molar-refractivity contribution in [1.29, 1.82) is 0 Å². The molecule has 0 heterocycles. The highest BCUT2D eigenvalue weighted by atomic mass is 32.2. The Bertz CT molecular complexity index is 320. The first-order valence-corrected chi connectivity index (χ1v) is 7.29. The van der Waals surface area contributed by atoms with Crippen LogP contribution in [0.25, 0.3) is 0 Å². The first kappa shape index (κ1) is 18.3. The van der Waals surface area contributed by atoms with E-state index < -0.39 is 6.16 Å². The minimum absolute atomic E-state index is 0.0959. The molecular formula is C14H26O4S. The normalized spacial score (nSPS) is 15.7. The molecule has 0 rings (SSSR count). The maximum Gasteiger partial charge on any atom is 0.505 e. The van der Waals surface area contributed by atoms with E-state index in [9.17, 15) is 9.59 Å². The van der Waals surface area contributed by atoms with Crippen molar-refractivity contribution >= 4 is 23.5 Å². The zero-order valence-corrected chi connectivity index (χ0v) is 13.6. The summed E-state index contributed by atoms with van der Waals surface area (Å²) in [5.74, 6) is 0. The first-order valence-electron chi connectivity index (χ1n) is 6.41. The van der Waals surface area contributed by atoms with Crippen LogP contribution in [0, 0.1) is 10.8 Å². The topological polar surface area (TPSA) is 63.6 Å². The third-order valence-electron chi connectivity index (χ3n) is 3.60. The maximum atomic E-state index is 10.9. The Morgan fingerprint density at radius 1 is 1.21 bits per heavy atom. The van der Waals surface area contributed by atoms with Crippen LogP contribution in [-0.2, 0) is 9.53 Å². The second kappa shape index (κ2) is 6.64. The van der Waals surface area contributed by atoms with Gasteiger partial charge in [0, 0.05) is 4.75 Å². The fraction of sp³-hybridized carbons (Fsp3) is 0.857. The van der Waals surface area contributed by atoms with Crippen LogP contribution in [0.1, 0.15) is 54.4 Å². The Hall–Kier alpha value is -0.710. The Morgan fingerprint density at radius 2 is 1.74 bits per heavy atom. The van der Waals surface area contributed by atoms with E-state index in [1.54, 1.807) is 0 Å². The summed E-state index contributed by atoms with van der Waals surface area (Å²) in [5.41, 5.74) is 0.768. The first-order chi connectivity index (χ1) is 8.43. The van der Waals surface area contributed by atoms with Gasteiger partial charge in [0.1, 0.15) is 0 Å². The van der Waals surface area contributed by atoms with Crippen LogP contribution in [-0.4, -0.2) is 28.2 Å². The van der Waals surface area contributed by atoms with Crippen molar-refractivity contribution in [2.24, 2.45) is 10.8 Å². The van der Waals surface area contributed by atoms with Crippen molar-refractivity contribution in [3.8, 4) is 0 Å². The number of carbonyl (C=O) groups excluding carboxylic acids is 1. The van der Waals surface area contributed by atoms with Gasteiger partial charge in [0.25, 0.3) is 0 Å². The Morgan fingerprint density at radius 3 is 2.11 bits per heavy atom. The summed E-state index contributed by atoms with van der Waals surface area (Å²) in [6.07, 6.45) is 0.236. The molecule has 0 amide bonds. The number of hydrogen-bond donors (Lipinski definition) is 1. The summed E-state index contributed by atoms with van der Waals surface area (Å²) in [6, 6.07) is 0. The van der Waals surface area contributed by atoms with Gasteiger partial charge in [-0.05, 0) is 37.5 Å². The number of hydrogen-bond acceptors (Lipinski definition) is 4. The van der Waals surface area contributed by atoms with Gasteiger partial charge >= 0.3 is 6.16 Å². The molecule has 0 radical (unpaired) electrons. The summed E-state index contributed by atoms with van der Waals surface area (Å²) >= 11 is 1.26. The van der Waals surface area contributed by atoms with Crippen molar-refractivity contribution in [3.63, 3.8) is 0 Å². The molecule has 0 aliphatic rings. The smallest absolute Gasteiger partial charge is 0.450 e. The third-order valence-corrected chi connectivity index (χ3v) is 4.77. The van der Waals surface area contributed by atoms with Gasteiger partial charge in [-0.25, -0.2) is 4.79 Å². The number of carbonyl (C=O) groups is 2. The SMILES string of the molecule is CC(C)(C)CC(C)(CCOC(=O)O)C(C)(C)SC=O. The number of ether oxygens (including phenoxy) is 1. The van der Waals surface area contributed by atoms with Gasteiger partial charge in [-0.2, -0.15) is 0 Å². The van der Waals surface area contributed by atoms with Gasteiger partial charge in [0.15, 0.2) is 5.62 Å². The lowest BCUT2D eigenvalue weighted by Crippen LogP contribution is -2.42. The monoisotopic (exact) mass is 290 g/mol. The molecule has 4 nitrogen and oxygen atoms in total. The molecule has 5 heteroatoms. The lowest BCUT2D eigenvalue weighted by atomic mass is 9.66. The van der Waals surface area contributed by atoms with Gasteiger partial charge in [0.2, 0.25) is 0 Å². The predicted octanol–water partition coefficient (Wildman–Crippen LogP) is 4.22. The average molecular weight is 290 g/mol. The number of rotatable bonds is 7. The summed E-state index contributed by atoms with van der Waals surface area (Å²) in [5, 5.41) is 8.57. The van der Waals surface area contributed by atoms with Crippen LogP contribution in [0.4, 0.5) is 4.79 Å². The van der Waals surface area contributed by atoms with Crippen molar-refractivity contribution < 1.29 is 19.4 Å². The van der Waals surface area contributed by atoms with E-state index in [2.05, 4.69) is 32.4 Å². The third kappa shape index (κ3) is 6.32. The van der Waals surface area contributed by atoms with Crippen LogP contribution in [0.2, 0.25) is 0 Å². The Balaban J connectivity index is 5.00. The van der Waals surface area contributed by atoms with Crippen molar-refractivity contribution in [2.45, 2.75) is 59.1 Å². The minimum atomic E-state index is -1.25. The summed E-state index contributed by atoms with van der Waals surface area (Å²) in [7, 11) is 0. The second-order valence-corrected chi connectivity index (χ2v) is 8.34. The molecule has 1 unspecified atom stereocenters. The second-order valence-electron chi connectivity index (χ2n) is 6.89. The molecule has 19 heavy (non-hydrogen) atoms. The molecule has 1 N–H and O–H groups in total. The molecule has 0 spiro atoms. The van der Waals surface area contributed by atoms with E-state index in [0.29, 0.717) is 6.42 Å². The molecule has 0 aromatic heterocycles. The summed E-state index contributed by atoms with van der Waals surface area (Å²) in [6.45, 7) is 12.7. The highest BCUT2D eigenvalue weighted by Gasteiger charge is 2.43. The van der Waals surface area contributed by atoms with Crippen molar-refractivity contribution in [1.82, 2.24) is 0 Å². The molecule has 1 atom stereocenters. The quantitative estimate of drug-likeness (QED) is 0.562. The predicted molar refractivity (Wildman–Crippen MR) is 79.2 cm³/mol. The highest BCUT2D eigenvalue weighted by molar-refractivity contribution is 8.13. The minimum Gasteiger partial charge on any atom is -0.450 e. The fourth-order valence-corrected chi connectivity index (χ4v) is 3.10. The van der Waals surface area contributed by atoms with Crippen LogP contribution in [0.3, 0.4) is 0 Å². The zero-order chi connectivity index (χ0) is 15.3. The van der Waals surface area contributed by atoms with Crippen molar-refractivity contribution in [2.75, 3.05) is 6.61 Å². The lowest BCUT2D eigenvalue weighted by Gasteiger charge is -2.46. The summed E-state index contributed by atoms with van der Waals surface area (Å²) < 4.78 is 4.37. The molecule has 0 saturated carbocycles. The highest BCUT2D eigenvalue weighted by Crippen LogP contribution is 2.50. The van der Waals surface area contributed by atoms with E-state index in [-0.39, 0.29) is 22.2 Å². The zero-order valence-electron chi connectivity index (χ0n) is 12.8. The standard InChI is InChI=1S/C14H26O4S/c1-12(2,3)9-14(6,7-8-18-11(16)17)13(4,5)19-10-15/h10H,7-9H2,1-6H3,(H,16,17). The van der Waals surface area contributed by atoms with E-state index in [1.807, 2.05) is 13.8 Å². The van der Waals surface area contributed by atoms with Gasteiger partial charge < -0.3 is 9.84 Å². The molecule has 0 bridgehead atoms. The van der Waals surface area contributed by atoms with Crippen LogP contribution < -0.4 is 0 Å². The number of thioether (sulfide) groups is 1. The van der Waals surface area contributed by atoms with Crippen molar-refractivity contribution in [3.05, 3.63) is 0 Å². The molecule has 0 aromatic rings. The van der Waals surface area contributed by atoms with Crippen LogP contribution in [0.5, 0.6) is 0 Å². The van der Waals surface area contributed by atoms with Gasteiger partial charge in [-0.1, -0.05) is 39.5 Å². The Labute approximate surface area is 120 Å². The number of carboxylic acid groups (broad SMARTS) is 1. The van der Waals surface area contributed by atoms with Gasteiger partial charge in [0.05, 0.1) is 6.61 Å². The van der Waals surface area contributed by atoms with Crippen LogP contribution >= 0.6 is 11.8 Å².